The standard InChI is InChI=1S/C13H11ClN2O2S/c1-8-2-4-9(5-3-8)19-7-12-15-10(13(17)18)6-11(14)16-12/h2-6H,7H2,1H3,(H,17,18). The summed E-state index contributed by atoms with van der Waals surface area (Å²) in [5.41, 5.74) is 1.11. The van der Waals surface area contributed by atoms with Crippen molar-refractivity contribution in [3.63, 3.8) is 0 Å². The molecule has 0 aliphatic heterocycles. The van der Waals surface area contributed by atoms with Crippen molar-refractivity contribution in [2.75, 3.05) is 0 Å². The highest BCUT2D eigenvalue weighted by Gasteiger charge is 2.09. The van der Waals surface area contributed by atoms with Crippen LogP contribution in [0.5, 0.6) is 0 Å². The van der Waals surface area contributed by atoms with Gasteiger partial charge in [0.15, 0.2) is 5.69 Å². The number of hydrogen-bond donors (Lipinski definition) is 1. The third-order valence-corrected chi connectivity index (χ3v) is 3.55. The lowest BCUT2D eigenvalue weighted by atomic mass is 10.2. The minimum Gasteiger partial charge on any atom is -0.477 e. The Morgan fingerprint density at radius 3 is 2.63 bits per heavy atom. The van der Waals surface area contributed by atoms with Crippen LogP contribution in [0, 0.1) is 6.92 Å². The Labute approximate surface area is 119 Å². The van der Waals surface area contributed by atoms with Gasteiger partial charge in [0.2, 0.25) is 0 Å². The number of carboxylic acid groups (broad SMARTS) is 1. The fourth-order valence-corrected chi connectivity index (χ4v) is 2.38. The number of nitrogens with zero attached hydrogens (tertiary/aromatic N) is 2. The minimum absolute atomic E-state index is 0.0838. The maximum absolute atomic E-state index is 10.9. The average Bonchev–Trinajstić information content (AvgIpc) is 2.37. The third kappa shape index (κ3) is 3.94. The van der Waals surface area contributed by atoms with E-state index in [1.165, 1.54) is 23.4 Å². The molecule has 0 fully saturated rings. The van der Waals surface area contributed by atoms with E-state index in [1.807, 2.05) is 31.2 Å². The summed E-state index contributed by atoms with van der Waals surface area (Å²) in [4.78, 5) is 19.9. The zero-order chi connectivity index (χ0) is 13.8. The van der Waals surface area contributed by atoms with Gasteiger partial charge in [-0.3, -0.25) is 0 Å². The fraction of sp³-hybridized carbons (Fsp3) is 0.154. The number of halogens is 1. The van der Waals surface area contributed by atoms with Gasteiger partial charge in [0.25, 0.3) is 0 Å². The van der Waals surface area contributed by atoms with Gasteiger partial charge < -0.3 is 5.11 Å². The number of carboxylic acids is 1. The van der Waals surface area contributed by atoms with Crippen molar-refractivity contribution in [2.24, 2.45) is 0 Å². The smallest absolute Gasteiger partial charge is 0.354 e. The van der Waals surface area contributed by atoms with Gasteiger partial charge in [-0.25, -0.2) is 14.8 Å². The molecule has 98 valence electrons. The molecule has 1 heterocycles. The Morgan fingerprint density at radius 2 is 2.00 bits per heavy atom. The van der Waals surface area contributed by atoms with Gasteiger partial charge in [-0.2, -0.15) is 0 Å². The largest absolute Gasteiger partial charge is 0.477 e. The fourth-order valence-electron chi connectivity index (χ4n) is 1.42. The normalized spacial score (nSPS) is 10.4. The van der Waals surface area contributed by atoms with E-state index in [4.69, 9.17) is 16.7 Å². The van der Waals surface area contributed by atoms with E-state index in [2.05, 4.69) is 9.97 Å². The summed E-state index contributed by atoms with van der Waals surface area (Å²) in [6, 6.07) is 9.28. The topological polar surface area (TPSA) is 63.1 Å². The van der Waals surface area contributed by atoms with E-state index in [0.717, 1.165) is 4.90 Å². The van der Waals surface area contributed by atoms with Crippen LogP contribution in [0.4, 0.5) is 0 Å². The zero-order valence-corrected chi connectivity index (χ0v) is 11.7. The molecular weight excluding hydrogens is 284 g/mol. The highest BCUT2D eigenvalue weighted by atomic mass is 35.5. The van der Waals surface area contributed by atoms with Crippen LogP contribution in [0.3, 0.4) is 0 Å². The summed E-state index contributed by atoms with van der Waals surface area (Å²) >= 11 is 7.31. The van der Waals surface area contributed by atoms with E-state index in [1.54, 1.807) is 0 Å². The number of benzene rings is 1. The number of rotatable bonds is 4. The van der Waals surface area contributed by atoms with Crippen molar-refractivity contribution in [1.82, 2.24) is 9.97 Å². The Balaban J connectivity index is 2.11. The van der Waals surface area contributed by atoms with E-state index in [0.29, 0.717) is 11.6 Å². The third-order valence-electron chi connectivity index (χ3n) is 2.35. The molecule has 2 aromatic rings. The van der Waals surface area contributed by atoms with Crippen LogP contribution in [-0.2, 0) is 5.75 Å². The second kappa shape index (κ2) is 6.04. The number of aromatic carboxylic acids is 1. The van der Waals surface area contributed by atoms with Crippen molar-refractivity contribution in [3.05, 3.63) is 52.6 Å². The van der Waals surface area contributed by atoms with E-state index >= 15 is 0 Å². The van der Waals surface area contributed by atoms with Gasteiger partial charge in [0, 0.05) is 11.0 Å². The lowest BCUT2D eigenvalue weighted by Gasteiger charge is -2.03. The molecule has 1 N–H and O–H groups in total. The van der Waals surface area contributed by atoms with Crippen LogP contribution < -0.4 is 0 Å². The van der Waals surface area contributed by atoms with Crippen molar-refractivity contribution in [3.8, 4) is 0 Å². The Kier molecular flexibility index (Phi) is 4.39. The molecular formula is C13H11ClN2O2S. The molecule has 0 spiro atoms. The summed E-state index contributed by atoms with van der Waals surface area (Å²) in [5.74, 6) is -0.217. The molecule has 6 heteroatoms. The van der Waals surface area contributed by atoms with Crippen LogP contribution in [0.15, 0.2) is 35.2 Å². The first-order valence-electron chi connectivity index (χ1n) is 5.51. The molecule has 2 rings (SSSR count). The maximum atomic E-state index is 10.9. The number of thioether (sulfide) groups is 1. The Morgan fingerprint density at radius 1 is 1.32 bits per heavy atom. The second-order valence-electron chi connectivity index (χ2n) is 3.90. The lowest BCUT2D eigenvalue weighted by Crippen LogP contribution is -2.04. The first-order chi connectivity index (χ1) is 9.04. The monoisotopic (exact) mass is 294 g/mol. The summed E-state index contributed by atoms with van der Waals surface area (Å²) in [7, 11) is 0. The van der Waals surface area contributed by atoms with Crippen LogP contribution in [-0.4, -0.2) is 21.0 Å². The number of aromatic nitrogens is 2. The molecule has 0 saturated carbocycles. The van der Waals surface area contributed by atoms with E-state index in [-0.39, 0.29) is 10.8 Å². The first kappa shape index (κ1) is 13.8. The predicted molar refractivity (Wildman–Crippen MR) is 74.7 cm³/mol. The van der Waals surface area contributed by atoms with E-state index in [9.17, 15) is 4.79 Å². The summed E-state index contributed by atoms with van der Waals surface area (Å²) in [5, 5.41) is 9.04. The molecule has 0 atom stereocenters. The molecule has 19 heavy (non-hydrogen) atoms. The average molecular weight is 295 g/mol. The van der Waals surface area contributed by atoms with Crippen molar-refractivity contribution in [2.45, 2.75) is 17.6 Å². The number of carbonyl (C=O) groups is 1. The van der Waals surface area contributed by atoms with Gasteiger partial charge in [0.1, 0.15) is 11.0 Å². The quantitative estimate of drug-likeness (QED) is 0.691. The predicted octanol–water partition coefficient (Wildman–Crippen LogP) is 3.43. The first-order valence-corrected chi connectivity index (χ1v) is 6.87. The molecule has 0 bridgehead atoms. The van der Waals surface area contributed by atoms with Gasteiger partial charge in [0.05, 0.1) is 5.75 Å². The Bertz CT molecular complexity index is 602. The van der Waals surface area contributed by atoms with Crippen molar-refractivity contribution in [1.29, 1.82) is 0 Å². The number of hydrogen-bond acceptors (Lipinski definition) is 4. The van der Waals surface area contributed by atoms with Crippen LogP contribution in [0.25, 0.3) is 0 Å². The molecule has 0 aliphatic carbocycles. The molecule has 0 saturated heterocycles. The van der Waals surface area contributed by atoms with Gasteiger partial charge in [-0.1, -0.05) is 29.3 Å². The molecule has 0 aliphatic rings. The van der Waals surface area contributed by atoms with Gasteiger partial charge >= 0.3 is 5.97 Å². The van der Waals surface area contributed by atoms with Crippen LogP contribution >= 0.6 is 23.4 Å². The highest BCUT2D eigenvalue weighted by molar-refractivity contribution is 7.98. The van der Waals surface area contributed by atoms with Crippen LogP contribution in [0.1, 0.15) is 21.9 Å². The SMILES string of the molecule is Cc1ccc(SCc2nc(Cl)cc(C(=O)O)n2)cc1. The summed E-state index contributed by atoms with van der Waals surface area (Å²) in [6.45, 7) is 2.02. The molecule has 4 nitrogen and oxygen atoms in total. The summed E-state index contributed by atoms with van der Waals surface area (Å²) < 4.78 is 0. The Hall–Kier alpha value is -1.59. The summed E-state index contributed by atoms with van der Waals surface area (Å²) in [6.07, 6.45) is 0. The van der Waals surface area contributed by atoms with Crippen molar-refractivity contribution < 1.29 is 9.90 Å². The lowest BCUT2D eigenvalue weighted by molar-refractivity contribution is 0.0690. The molecule has 1 aromatic heterocycles. The second-order valence-corrected chi connectivity index (χ2v) is 5.34. The van der Waals surface area contributed by atoms with Crippen LogP contribution in [0.2, 0.25) is 5.15 Å². The minimum atomic E-state index is -1.11. The number of aryl methyl sites for hydroxylation is 1. The zero-order valence-electron chi connectivity index (χ0n) is 10.1. The van der Waals surface area contributed by atoms with E-state index < -0.39 is 5.97 Å². The van der Waals surface area contributed by atoms with Gasteiger partial charge in [-0.05, 0) is 19.1 Å². The van der Waals surface area contributed by atoms with Gasteiger partial charge in [-0.15, -0.1) is 11.8 Å². The molecule has 0 amide bonds. The molecule has 1 aromatic carbocycles. The molecule has 0 radical (unpaired) electrons. The maximum Gasteiger partial charge on any atom is 0.354 e. The highest BCUT2D eigenvalue weighted by Crippen LogP contribution is 2.22. The molecule has 0 unspecified atom stereocenters. The van der Waals surface area contributed by atoms with Crippen molar-refractivity contribution >= 4 is 29.3 Å².